The molecular weight excluding hydrogens is 396 g/mol. The maximum atomic E-state index is 14.0. The summed E-state index contributed by atoms with van der Waals surface area (Å²) < 4.78 is 28.0. The van der Waals surface area contributed by atoms with E-state index in [1.165, 1.54) is 25.4 Å². The summed E-state index contributed by atoms with van der Waals surface area (Å²) in [4.78, 5) is 48.8. The lowest BCUT2D eigenvalue weighted by atomic mass is 10.1. The summed E-state index contributed by atoms with van der Waals surface area (Å²) in [5, 5.41) is 2.84. The number of amides is 1. The van der Waals surface area contributed by atoms with E-state index >= 15 is 0 Å². The van der Waals surface area contributed by atoms with Gasteiger partial charge in [0.15, 0.2) is 0 Å². The second-order valence-electron chi connectivity index (χ2n) is 7.47. The van der Waals surface area contributed by atoms with Crippen LogP contribution in [0, 0.1) is 17.6 Å². The molecule has 156 valence electrons. The van der Waals surface area contributed by atoms with Crippen molar-refractivity contribution < 1.29 is 13.6 Å². The van der Waals surface area contributed by atoms with E-state index < -0.39 is 40.9 Å². The molecule has 0 bridgehead atoms. The molecule has 3 aromatic heterocycles. The maximum Gasteiger partial charge on any atom is 0.329 e. The van der Waals surface area contributed by atoms with Gasteiger partial charge in [-0.25, -0.2) is 18.1 Å². The van der Waals surface area contributed by atoms with Crippen molar-refractivity contribution in [3.8, 4) is 0 Å². The highest BCUT2D eigenvalue weighted by atomic mass is 19.1. The van der Waals surface area contributed by atoms with Gasteiger partial charge in [-0.2, -0.15) is 0 Å². The number of nitrogens with zero attached hydrogens (tertiary/aromatic N) is 3. The number of nitrogens with one attached hydrogen (secondary N) is 2. The highest BCUT2D eigenvalue weighted by Gasteiger charge is 2.33. The average Bonchev–Trinajstić information content (AvgIpc) is 3.51. The third kappa shape index (κ3) is 3.85. The van der Waals surface area contributed by atoms with Gasteiger partial charge in [0.2, 0.25) is 5.91 Å². The number of fused-ring (bicyclic) bond motifs is 1. The molecular formula is C20H19F2N5O3. The Morgan fingerprint density at radius 1 is 1.33 bits per heavy atom. The first-order chi connectivity index (χ1) is 14.3. The van der Waals surface area contributed by atoms with Gasteiger partial charge < -0.3 is 10.3 Å². The van der Waals surface area contributed by atoms with E-state index in [0.717, 1.165) is 23.6 Å². The zero-order valence-electron chi connectivity index (χ0n) is 16.1. The van der Waals surface area contributed by atoms with Crippen molar-refractivity contribution >= 4 is 16.8 Å². The van der Waals surface area contributed by atoms with Crippen LogP contribution in [0.5, 0.6) is 0 Å². The van der Waals surface area contributed by atoms with Crippen molar-refractivity contribution in [3.63, 3.8) is 0 Å². The number of pyridine rings is 2. The van der Waals surface area contributed by atoms with Crippen LogP contribution in [0.25, 0.3) is 10.9 Å². The molecule has 0 aliphatic heterocycles. The highest BCUT2D eigenvalue weighted by Crippen LogP contribution is 2.36. The summed E-state index contributed by atoms with van der Waals surface area (Å²) in [5.41, 5.74) is -1.18. The Morgan fingerprint density at radius 2 is 2.10 bits per heavy atom. The van der Waals surface area contributed by atoms with E-state index in [0.29, 0.717) is 12.5 Å². The van der Waals surface area contributed by atoms with E-state index in [4.69, 9.17) is 0 Å². The van der Waals surface area contributed by atoms with Gasteiger partial charge in [-0.15, -0.1) is 0 Å². The van der Waals surface area contributed by atoms with Crippen LogP contribution in [-0.2, 0) is 4.79 Å². The third-order valence-corrected chi connectivity index (χ3v) is 5.20. The van der Waals surface area contributed by atoms with E-state index in [1.54, 1.807) is 0 Å². The minimum absolute atomic E-state index is 0.138. The fraction of sp³-hybridized carbons (Fsp3) is 0.350. The van der Waals surface area contributed by atoms with Gasteiger partial charge in [0.25, 0.3) is 5.56 Å². The van der Waals surface area contributed by atoms with Crippen molar-refractivity contribution in [1.82, 2.24) is 24.8 Å². The Balaban J connectivity index is 1.69. The topological polar surface area (TPSA) is 110 Å². The van der Waals surface area contributed by atoms with E-state index in [-0.39, 0.29) is 22.5 Å². The summed E-state index contributed by atoms with van der Waals surface area (Å²) >= 11 is 0. The van der Waals surface area contributed by atoms with Crippen molar-refractivity contribution in [1.29, 1.82) is 0 Å². The standard InChI is InChI=1S/C20H19F2N5O3/c1-10(17-14(22)7-12(21)8-24-17)25-18(28)16(6-11-2-3-11)27-19(29)13-4-5-23-9-15(13)26-20(27)30/h4-5,7-11,16H,2-3,6H2,1H3,(H,25,28)(H,26,30)/t10-,16-/m0/s1. The first kappa shape index (κ1) is 19.9. The molecule has 1 amide bonds. The zero-order valence-corrected chi connectivity index (χ0v) is 16.1. The molecule has 0 radical (unpaired) electrons. The molecule has 0 aromatic carbocycles. The number of carbonyl (C=O) groups excluding carboxylic acids is 1. The Morgan fingerprint density at radius 3 is 2.80 bits per heavy atom. The summed E-state index contributed by atoms with van der Waals surface area (Å²) in [6.07, 6.45) is 5.75. The van der Waals surface area contributed by atoms with Crippen LogP contribution in [0.3, 0.4) is 0 Å². The summed E-state index contributed by atoms with van der Waals surface area (Å²) in [5.74, 6) is -2.11. The maximum absolute atomic E-state index is 14.0. The molecule has 1 fully saturated rings. The third-order valence-electron chi connectivity index (χ3n) is 5.20. The molecule has 30 heavy (non-hydrogen) atoms. The van der Waals surface area contributed by atoms with E-state index in [2.05, 4.69) is 20.3 Å². The fourth-order valence-corrected chi connectivity index (χ4v) is 3.48. The van der Waals surface area contributed by atoms with E-state index in [1.807, 2.05) is 0 Å². The van der Waals surface area contributed by atoms with Gasteiger partial charge in [-0.3, -0.25) is 19.6 Å². The second kappa shape index (κ2) is 7.77. The number of rotatable bonds is 6. The monoisotopic (exact) mass is 415 g/mol. The Bertz CT molecular complexity index is 1240. The predicted octanol–water partition coefficient (Wildman–Crippen LogP) is 1.98. The van der Waals surface area contributed by atoms with Crippen molar-refractivity contribution in [3.05, 3.63) is 68.9 Å². The van der Waals surface area contributed by atoms with Crippen molar-refractivity contribution in [2.24, 2.45) is 5.92 Å². The Labute approximate surface area is 169 Å². The Kier molecular flexibility index (Phi) is 5.15. The molecule has 8 nitrogen and oxygen atoms in total. The number of aromatic nitrogens is 4. The predicted molar refractivity (Wildman–Crippen MR) is 104 cm³/mol. The smallest absolute Gasteiger partial charge is 0.329 e. The number of H-pyrrole nitrogens is 1. The molecule has 0 spiro atoms. The molecule has 10 heteroatoms. The van der Waals surface area contributed by atoms with Gasteiger partial charge in [-0.05, 0) is 25.3 Å². The number of hydrogen-bond acceptors (Lipinski definition) is 5. The average molecular weight is 415 g/mol. The van der Waals surface area contributed by atoms with Crippen LogP contribution in [0.2, 0.25) is 0 Å². The number of hydrogen-bond donors (Lipinski definition) is 2. The van der Waals surface area contributed by atoms with Gasteiger partial charge in [0.1, 0.15) is 17.7 Å². The number of halogens is 2. The summed E-state index contributed by atoms with van der Waals surface area (Å²) in [6.45, 7) is 1.49. The quantitative estimate of drug-likeness (QED) is 0.640. The van der Waals surface area contributed by atoms with E-state index in [9.17, 15) is 23.2 Å². The van der Waals surface area contributed by atoms with Gasteiger partial charge in [0, 0.05) is 12.3 Å². The van der Waals surface area contributed by atoms with Crippen LogP contribution in [0.15, 0.2) is 40.3 Å². The lowest BCUT2D eigenvalue weighted by Crippen LogP contribution is -2.45. The highest BCUT2D eigenvalue weighted by molar-refractivity contribution is 5.82. The van der Waals surface area contributed by atoms with Crippen molar-refractivity contribution in [2.75, 3.05) is 0 Å². The molecule has 1 saturated carbocycles. The van der Waals surface area contributed by atoms with Gasteiger partial charge in [0.05, 0.1) is 35.0 Å². The molecule has 2 atom stereocenters. The molecule has 1 aliphatic carbocycles. The molecule has 0 unspecified atom stereocenters. The van der Waals surface area contributed by atoms with Crippen LogP contribution >= 0.6 is 0 Å². The Hall–Kier alpha value is -3.43. The first-order valence-corrected chi connectivity index (χ1v) is 9.55. The minimum Gasteiger partial charge on any atom is -0.346 e. The molecule has 4 rings (SSSR count). The molecule has 3 heterocycles. The minimum atomic E-state index is -1.07. The SMILES string of the molecule is C[C@H](NC(=O)[C@H](CC1CC1)n1c(=O)[nH]c2cnccc2c1=O)c1ncc(F)cc1F. The number of carbonyl (C=O) groups is 1. The lowest BCUT2D eigenvalue weighted by Gasteiger charge is -2.21. The van der Waals surface area contributed by atoms with Crippen LogP contribution in [-0.4, -0.2) is 25.4 Å². The molecule has 1 aliphatic rings. The first-order valence-electron chi connectivity index (χ1n) is 9.55. The zero-order chi connectivity index (χ0) is 21.4. The second-order valence-corrected chi connectivity index (χ2v) is 7.47. The van der Waals surface area contributed by atoms with Crippen LogP contribution in [0.1, 0.15) is 44.0 Å². The summed E-state index contributed by atoms with van der Waals surface area (Å²) in [6, 6.07) is 0.187. The largest absolute Gasteiger partial charge is 0.346 e. The van der Waals surface area contributed by atoms with Crippen LogP contribution in [0.4, 0.5) is 8.78 Å². The van der Waals surface area contributed by atoms with Crippen molar-refractivity contribution in [2.45, 2.75) is 38.3 Å². The lowest BCUT2D eigenvalue weighted by molar-refractivity contribution is -0.125. The van der Waals surface area contributed by atoms with Gasteiger partial charge in [-0.1, -0.05) is 12.8 Å². The molecule has 2 N–H and O–H groups in total. The molecule has 3 aromatic rings. The molecule has 0 saturated heterocycles. The van der Waals surface area contributed by atoms with Crippen LogP contribution < -0.4 is 16.6 Å². The van der Waals surface area contributed by atoms with Gasteiger partial charge >= 0.3 is 5.69 Å². The fourth-order valence-electron chi connectivity index (χ4n) is 3.48. The normalized spacial score (nSPS) is 15.7. The number of aromatic amines is 1. The summed E-state index contributed by atoms with van der Waals surface area (Å²) in [7, 11) is 0.